The molecule has 0 heterocycles. The first kappa shape index (κ1) is 16.3. The molecule has 1 atom stereocenters. The zero-order chi connectivity index (χ0) is 15.6. The van der Waals surface area contributed by atoms with E-state index in [4.69, 9.17) is 10.5 Å². The van der Waals surface area contributed by atoms with Crippen molar-refractivity contribution in [1.82, 2.24) is 4.31 Å². The summed E-state index contributed by atoms with van der Waals surface area (Å²) in [5.74, 6) is 0.456. The zero-order valence-corrected chi connectivity index (χ0v) is 13.7. The molecular weight excluding hydrogens is 288 g/mol. The molecule has 0 spiro atoms. The van der Waals surface area contributed by atoms with Crippen LogP contribution < -0.4 is 5.73 Å². The van der Waals surface area contributed by atoms with E-state index in [1.807, 2.05) is 6.92 Å². The highest BCUT2D eigenvalue weighted by atomic mass is 32.2. The average molecular weight is 312 g/mol. The van der Waals surface area contributed by atoms with E-state index in [0.717, 1.165) is 18.4 Å². The summed E-state index contributed by atoms with van der Waals surface area (Å²) in [6, 6.07) is 5.01. The van der Waals surface area contributed by atoms with E-state index in [1.165, 1.54) is 0 Å². The van der Waals surface area contributed by atoms with Gasteiger partial charge >= 0.3 is 0 Å². The van der Waals surface area contributed by atoms with Gasteiger partial charge in [-0.1, -0.05) is 6.07 Å². The lowest BCUT2D eigenvalue weighted by Gasteiger charge is -2.29. The van der Waals surface area contributed by atoms with Crippen LogP contribution in [0.4, 0.5) is 5.69 Å². The molecule has 1 unspecified atom stereocenters. The Labute approximate surface area is 127 Å². The Morgan fingerprint density at radius 2 is 2.10 bits per heavy atom. The SMILES string of the molecule is COCCN(C(C)C1CC1)S(=O)(=O)c1cc(N)ccc1C. The lowest BCUT2D eigenvalue weighted by atomic mass is 10.2. The van der Waals surface area contributed by atoms with Crippen molar-refractivity contribution in [3.05, 3.63) is 23.8 Å². The monoisotopic (exact) mass is 312 g/mol. The van der Waals surface area contributed by atoms with Crippen LogP contribution in [0, 0.1) is 12.8 Å². The quantitative estimate of drug-likeness (QED) is 0.782. The first-order valence-corrected chi connectivity index (χ1v) is 8.69. The number of rotatable bonds is 7. The summed E-state index contributed by atoms with van der Waals surface area (Å²) in [5, 5.41) is 0. The van der Waals surface area contributed by atoms with Crippen LogP contribution >= 0.6 is 0 Å². The van der Waals surface area contributed by atoms with Crippen LogP contribution in [0.3, 0.4) is 0 Å². The molecule has 1 aromatic carbocycles. The summed E-state index contributed by atoms with van der Waals surface area (Å²) in [6.07, 6.45) is 2.19. The number of aryl methyl sites for hydroxylation is 1. The molecule has 0 radical (unpaired) electrons. The Morgan fingerprint density at radius 1 is 1.43 bits per heavy atom. The molecule has 2 N–H and O–H groups in total. The number of nitrogen functional groups attached to an aromatic ring is 1. The number of ether oxygens (including phenoxy) is 1. The van der Waals surface area contributed by atoms with Gasteiger partial charge in [0, 0.05) is 25.4 Å². The van der Waals surface area contributed by atoms with E-state index < -0.39 is 10.0 Å². The van der Waals surface area contributed by atoms with Gasteiger partial charge in [-0.2, -0.15) is 4.31 Å². The maximum atomic E-state index is 13.0. The van der Waals surface area contributed by atoms with Crippen LogP contribution in [0.1, 0.15) is 25.3 Å². The Bertz CT molecular complexity index is 597. The Morgan fingerprint density at radius 3 is 2.67 bits per heavy atom. The number of benzene rings is 1. The smallest absolute Gasteiger partial charge is 0.243 e. The van der Waals surface area contributed by atoms with Gasteiger partial charge in [0.2, 0.25) is 10.0 Å². The minimum atomic E-state index is -3.56. The average Bonchev–Trinajstić information content (AvgIpc) is 3.25. The van der Waals surface area contributed by atoms with Crippen LogP contribution in [0.5, 0.6) is 0 Å². The Hall–Kier alpha value is -1.11. The molecule has 0 aliphatic heterocycles. The van der Waals surface area contributed by atoms with Gasteiger partial charge in [-0.15, -0.1) is 0 Å². The van der Waals surface area contributed by atoms with E-state index in [-0.39, 0.29) is 6.04 Å². The van der Waals surface area contributed by atoms with Crippen LogP contribution in [-0.4, -0.2) is 39.0 Å². The van der Waals surface area contributed by atoms with Crippen LogP contribution in [-0.2, 0) is 14.8 Å². The van der Waals surface area contributed by atoms with Crippen molar-refractivity contribution in [1.29, 1.82) is 0 Å². The normalized spacial score (nSPS) is 17.1. The number of methoxy groups -OCH3 is 1. The third-order valence-electron chi connectivity index (χ3n) is 4.07. The molecule has 2 rings (SSSR count). The van der Waals surface area contributed by atoms with Gasteiger partial charge in [-0.05, 0) is 50.3 Å². The fourth-order valence-electron chi connectivity index (χ4n) is 2.56. The van der Waals surface area contributed by atoms with Gasteiger partial charge in [0.05, 0.1) is 11.5 Å². The van der Waals surface area contributed by atoms with Gasteiger partial charge in [0.15, 0.2) is 0 Å². The predicted molar refractivity (Wildman–Crippen MR) is 83.5 cm³/mol. The third-order valence-corrected chi connectivity index (χ3v) is 6.20. The standard InChI is InChI=1S/C15H24N2O3S/c1-11-4-7-14(16)10-15(11)21(18,19)17(8-9-20-3)12(2)13-5-6-13/h4,7,10,12-13H,5-6,8-9,16H2,1-3H3. The molecule has 118 valence electrons. The van der Waals surface area contributed by atoms with Crippen LogP contribution in [0.15, 0.2) is 23.1 Å². The first-order chi connectivity index (χ1) is 9.87. The predicted octanol–water partition coefficient (Wildman–Crippen LogP) is 2.01. The van der Waals surface area contributed by atoms with E-state index >= 15 is 0 Å². The van der Waals surface area contributed by atoms with Crippen molar-refractivity contribution >= 4 is 15.7 Å². The molecule has 0 amide bonds. The maximum absolute atomic E-state index is 13.0. The molecule has 0 bridgehead atoms. The second kappa shape index (κ2) is 6.34. The molecule has 5 nitrogen and oxygen atoms in total. The van der Waals surface area contributed by atoms with Gasteiger partial charge < -0.3 is 10.5 Å². The molecule has 1 fully saturated rings. The van der Waals surface area contributed by atoms with E-state index in [1.54, 1.807) is 36.5 Å². The molecule has 1 aromatic rings. The topological polar surface area (TPSA) is 72.6 Å². The van der Waals surface area contributed by atoms with Crippen molar-refractivity contribution in [2.45, 2.75) is 37.6 Å². The summed E-state index contributed by atoms with van der Waals surface area (Å²) < 4.78 is 32.6. The van der Waals surface area contributed by atoms with Crippen LogP contribution in [0.2, 0.25) is 0 Å². The molecule has 0 saturated heterocycles. The lowest BCUT2D eigenvalue weighted by molar-refractivity contribution is 0.164. The number of hydrogen-bond acceptors (Lipinski definition) is 4. The van der Waals surface area contributed by atoms with Gasteiger partial charge in [0.1, 0.15) is 0 Å². The van der Waals surface area contributed by atoms with Gasteiger partial charge in [-0.25, -0.2) is 8.42 Å². The summed E-state index contributed by atoms with van der Waals surface area (Å²) in [4.78, 5) is 0.297. The number of sulfonamides is 1. The largest absolute Gasteiger partial charge is 0.399 e. The molecule has 1 aliphatic carbocycles. The van der Waals surface area contributed by atoms with Crippen molar-refractivity contribution in [3.8, 4) is 0 Å². The maximum Gasteiger partial charge on any atom is 0.243 e. The molecule has 21 heavy (non-hydrogen) atoms. The van der Waals surface area contributed by atoms with Crippen molar-refractivity contribution < 1.29 is 13.2 Å². The Balaban J connectivity index is 2.38. The zero-order valence-electron chi connectivity index (χ0n) is 12.9. The fraction of sp³-hybridized carbons (Fsp3) is 0.600. The second-order valence-electron chi connectivity index (χ2n) is 5.71. The van der Waals surface area contributed by atoms with Crippen LogP contribution in [0.25, 0.3) is 0 Å². The number of anilines is 1. The molecule has 1 saturated carbocycles. The summed E-state index contributed by atoms with van der Waals surface area (Å²) in [7, 11) is -1.98. The van der Waals surface area contributed by atoms with Crippen molar-refractivity contribution in [3.63, 3.8) is 0 Å². The van der Waals surface area contributed by atoms with E-state index in [0.29, 0.717) is 29.7 Å². The van der Waals surface area contributed by atoms with E-state index in [2.05, 4.69) is 0 Å². The minimum Gasteiger partial charge on any atom is -0.399 e. The third kappa shape index (κ3) is 3.56. The van der Waals surface area contributed by atoms with Gasteiger partial charge in [-0.3, -0.25) is 0 Å². The molecule has 0 aromatic heterocycles. The molecular formula is C15H24N2O3S. The number of hydrogen-bond donors (Lipinski definition) is 1. The molecule has 1 aliphatic rings. The first-order valence-electron chi connectivity index (χ1n) is 7.25. The highest BCUT2D eigenvalue weighted by Crippen LogP contribution is 2.37. The second-order valence-corrected chi connectivity index (χ2v) is 7.57. The number of nitrogens with two attached hydrogens (primary N) is 1. The fourth-order valence-corrected chi connectivity index (χ4v) is 4.50. The number of nitrogens with zero attached hydrogens (tertiary/aromatic N) is 1. The Kier molecular flexibility index (Phi) is 4.91. The highest BCUT2D eigenvalue weighted by molar-refractivity contribution is 7.89. The molecule has 6 heteroatoms. The minimum absolute atomic E-state index is 0.00835. The van der Waals surface area contributed by atoms with Crippen molar-refractivity contribution in [2.75, 3.05) is 26.0 Å². The highest BCUT2D eigenvalue weighted by Gasteiger charge is 2.38. The van der Waals surface area contributed by atoms with Crippen molar-refractivity contribution in [2.24, 2.45) is 5.92 Å². The lowest BCUT2D eigenvalue weighted by Crippen LogP contribution is -2.42. The summed E-state index contributed by atoms with van der Waals surface area (Å²) >= 11 is 0. The van der Waals surface area contributed by atoms with E-state index in [9.17, 15) is 8.42 Å². The summed E-state index contributed by atoms with van der Waals surface area (Å²) in [6.45, 7) is 4.53. The van der Waals surface area contributed by atoms with Gasteiger partial charge in [0.25, 0.3) is 0 Å². The summed E-state index contributed by atoms with van der Waals surface area (Å²) in [5.41, 5.74) is 6.95.